The molecule has 0 aliphatic heterocycles. The van der Waals surface area contributed by atoms with Crippen LogP contribution in [0.15, 0.2) is 18.2 Å². The second kappa shape index (κ2) is 4.51. The van der Waals surface area contributed by atoms with Gasteiger partial charge in [-0.1, -0.05) is 31.4 Å². The summed E-state index contributed by atoms with van der Waals surface area (Å²) in [5, 5.41) is 11.0. The number of rotatable bonds is 2. The van der Waals surface area contributed by atoms with Crippen LogP contribution in [0.5, 0.6) is 0 Å². The Morgan fingerprint density at radius 3 is 2.56 bits per heavy atom. The van der Waals surface area contributed by atoms with Crippen molar-refractivity contribution in [3.05, 3.63) is 33.9 Å². The van der Waals surface area contributed by atoms with Crippen LogP contribution < -0.4 is 5.73 Å². The molecule has 86 valence electrons. The van der Waals surface area contributed by atoms with E-state index in [9.17, 15) is 10.1 Å². The highest BCUT2D eigenvalue weighted by atomic mass is 16.6. The van der Waals surface area contributed by atoms with E-state index in [4.69, 9.17) is 5.73 Å². The predicted octanol–water partition coefficient (Wildman–Crippen LogP) is 3.22. The molecule has 2 N–H and O–H groups in total. The Balaban J connectivity index is 2.38. The summed E-state index contributed by atoms with van der Waals surface area (Å²) >= 11 is 0. The van der Waals surface area contributed by atoms with E-state index < -0.39 is 0 Å². The van der Waals surface area contributed by atoms with Gasteiger partial charge in [-0.05, 0) is 24.8 Å². The van der Waals surface area contributed by atoms with Gasteiger partial charge in [0.25, 0.3) is 5.69 Å². The van der Waals surface area contributed by atoms with Crippen molar-refractivity contribution in [2.75, 3.05) is 5.73 Å². The maximum Gasteiger partial charge on any atom is 0.295 e. The van der Waals surface area contributed by atoms with Gasteiger partial charge in [-0.15, -0.1) is 0 Å². The van der Waals surface area contributed by atoms with E-state index in [0.29, 0.717) is 5.92 Å². The maximum absolute atomic E-state index is 11.0. The highest BCUT2D eigenvalue weighted by Crippen LogP contribution is 2.39. The van der Waals surface area contributed by atoms with Crippen LogP contribution in [0.3, 0.4) is 0 Å². The van der Waals surface area contributed by atoms with Crippen LogP contribution in [0, 0.1) is 10.1 Å². The van der Waals surface area contributed by atoms with Gasteiger partial charge in [-0.3, -0.25) is 10.1 Å². The number of anilines is 1. The van der Waals surface area contributed by atoms with Gasteiger partial charge >= 0.3 is 0 Å². The van der Waals surface area contributed by atoms with E-state index in [-0.39, 0.29) is 16.3 Å². The minimum atomic E-state index is -0.348. The molecule has 0 aromatic heterocycles. The Hall–Kier alpha value is -1.58. The fourth-order valence-electron chi connectivity index (χ4n) is 2.53. The van der Waals surface area contributed by atoms with Gasteiger partial charge in [0.1, 0.15) is 5.69 Å². The molecule has 4 nitrogen and oxygen atoms in total. The van der Waals surface area contributed by atoms with Crippen molar-refractivity contribution >= 4 is 11.4 Å². The minimum Gasteiger partial charge on any atom is -0.393 e. The fraction of sp³-hybridized carbons (Fsp3) is 0.500. The van der Waals surface area contributed by atoms with Gasteiger partial charge < -0.3 is 5.73 Å². The number of nitrogens with two attached hydrogens (primary N) is 1. The molecule has 0 bridgehead atoms. The molecule has 1 aromatic rings. The van der Waals surface area contributed by atoms with Crippen LogP contribution in [-0.4, -0.2) is 4.92 Å². The monoisotopic (exact) mass is 220 g/mol. The Labute approximate surface area is 94.6 Å². The van der Waals surface area contributed by atoms with Crippen LogP contribution in [-0.2, 0) is 0 Å². The number of hydrogen-bond acceptors (Lipinski definition) is 3. The van der Waals surface area contributed by atoms with E-state index in [1.54, 1.807) is 6.07 Å². The Morgan fingerprint density at radius 2 is 1.94 bits per heavy atom. The SMILES string of the molecule is Nc1cccc(C2CCCCC2)c1[N+](=O)[O-]. The molecule has 1 aliphatic carbocycles. The molecular formula is C12H16N2O2. The standard InChI is InChI=1S/C12H16N2O2/c13-11-8-4-7-10(12(11)14(15)16)9-5-2-1-3-6-9/h4,7-9H,1-3,5-6,13H2. The summed E-state index contributed by atoms with van der Waals surface area (Å²) in [5.74, 6) is 0.317. The van der Waals surface area contributed by atoms with E-state index >= 15 is 0 Å². The molecule has 1 saturated carbocycles. The summed E-state index contributed by atoms with van der Waals surface area (Å²) in [6.07, 6.45) is 5.66. The number of nitrogens with zero attached hydrogens (tertiary/aromatic N) is 1. The molecule has 16 heavy (non-hydrogen) atoms. The molecule has 1 aromatic carbocycles. The highest BCUT2D eigenvalue weighted by molar-refractivity contribution is 5.63. The molecule has 0 radical (unpaired) electrons. The first-order chi connectivity index (χ1) is 7.70. The van der Waals surface area contributed by atoms with Gasteiger partial charge in [-0.2, -0.15) is 0 Å². The molecule has 0 spiro atoms. The van der Waals surface area contributed by atoms with E-state index in [1.165, 1.54) is 6.42 Å². The average Bonchev–Trinajstić information content (AvgIpc) is 2.29. The van der Waals surface area contributed by atoms with Crippen LogP contribution in [0.4, 0.5) is 11.4 Å². The average molecular weight is 220 g/mol. The van der Waals surface area contributed by atoms with Gasteiger partial charge in [0.15, 0.2) is 0 Å². The third kappa shape index (κ3) is 2.01. The molecule has 0 heterocycles. The molecule has 0 unspecified atom stereocenters. The molecule has 0 atom stereocenters. The lowest BCUT2D eigenvalue weighted by Gasteiger charge is -2.21. The largest absolute Gasteiger partial charge is 0.393 e. The number of hydrogen-bond donors (Lipinski definition) is 1. The van der Waals surface area contributed by atoms with E-state index in [2.05, 4.69) is 0 Å². The molecule has 0 amide bonds. The lowest BCUT2D eigenvalue weighted by molar-refractivity contribution is -0.384. The Bertz CT molecular complexity index is 398. The van der Waals surface area contributed by atoms with Crippen molar-refractivity contribution in [1.82, 2.24) is 0 Å². The minimum absolute atomic E-state index is 0.120. The summed E-state index contributed by atoms with van der Waals surface area (Å²) in [7, 11) is 0. The molecule has 0 saturated heterocycles. The fourth-order valence-corrected chi connectivity index (χ4v) is 2.53. The summed E-state index contributed by atoms with van der Waals surface area (Å²) in [6.45, 7) is 0. The topological polar surface area (TPSA) is 69.2 Å². The van der Waals surface area contributed by atoms with Crippen LogP contribution in [0.2, 0.25) is 0 Å². The summed E-state index contributed by atoms with van der Waals surface area (Å²) in [6, 6.07) is 5.27. The van der Waals surface area contributed by atoms with E-state index in [0.717, 1.165) is 31.2 Å². The zero-order valence-corrected chi connectivity index (χ0v) is 9.19. The van der Waals surface area contributed by atoms with Gasteiger partial charge in [0.2, 0.25) is 0 Å². The first-order valence-electron chi connectivity index (χ1n) is 5.73. The third-order valence-corrected chi connectivity index (χ3v) is 3.33. The number of nitrogen functional groups attached to an aromatic ring is 1. The summed E-state index contributed by atoms with van der Waals surface area (Å²) in [4.78, 5) is 10.7. The number of nitro benzene ring substituents is 1. The lowest BCUT2D eigenvalue weighted by Crippen LogP contribution is -2.08. The number of benzene rings is 1. The van der Waals surface area contributed by atoms with E-state index in [1.807, 2.05) is 12.1 Å². The molecule has 4 heteroatoms. The maximum atomic E-state index is 11.0. The predicted molar refractivity (Wildman–Crippen MR) is 63.3 cm³/mol. The van der Waals surface area contributed by atoms with Gasteiger partial charge in [-0.25, -0.2) is 0 Å². The van der Waals surface area contributed by atoms with Gasteiger partial charge in [0, 0.05) is 5.56 Å². The highest BCUT2D eigenvalue weighted by Gasteiger charge is 2.25. The first-order valence-corrected chi connectivity index (χ1v) is 5.73. The van der Waals surface area contributed by atoms with Crippen molar-refractivity contribution in [3.63, 3.8) is 0 Å². The lowest BCUT2D eigenvalue weighted by atomic mass is 9.83. The van der Waals surface area contributed by atoms with Crippen LogP contribution in [0.1, 0.15) is 43.6 Å². The third-order valence-electron chi connectivity index (χ3n) is 3.33. The molecule has 1 fully saturated rings. The summed E-state index contributed by atoms with van der Waals surface area (Å²) in [5.41, 5.74) is 6.92. The zero-order valence-electron chi connectivity index (χ0n) is 9.19. The normalized spacial score (nSPS) is 17.2. The second-order valence-electron chi connectivity index (χ2n) is 4.38. The van der Waals surface area contributed by atoms with Crippen molar-refractivity contribution in [3.8, 4) is 0 Å². The van der Waals surface area contributed by atoms with Crippen LogP contribution >= 0.6 is 0 Å². The Morgan fingerprint density at radius 1 is 1.25 bits per heavy atom. The van der Waals surface area contributed by atoms with Crippen molar-refractivity contribution in [2.45, 2.75) is 38.0 Å². The Kier molecular flexibility index (Phi) is 3.08. The van der Waals surface area contributed by atoms with Crippen molar-refractivity contribution in [1.29, 1.82) is 0 Å². The first kappa shape index (κ1) is 10.9. The molecule has 1 aliphatic rings. The van der Waals surface area contributed by atoms with Gasteiger partial charge in [0.05, 0.1) is 4.92 Å². The number of para-hydroxylation sites is 1. The second-order valence-corrected chi connectivity index (χ2v) is 4.38. The van der Waals surface area contributed by atoms with Crippen LogP contribution in [0.25, 0.3) is 0 Å². The summed E-state index contributed by atoms with van der Waals surface area (Å²) < 4.78 is 0. The van der Waals surface area contributed by atoms with Crippen molar-refractivity contribution in [2.24, 2.45) is 0 Å². The molecular weight excluding hydrogens is 204 g/mol. The number of nitro groups is 1. The zero-order chi connectivity index (χ0) is 11.5. The smallest absolute Gasteiger partial charge is 0.295 e. The molecule has 2 rings (SSSR count). The quantitative estimate of drug-likeness (QED) is 0.472. The van der Waals surface area contributed by atoms with Crippen molar-refractivity contribution < 1.29 is 4.92 Å².